The molecule has 1 heterocycles. The Morgan fingerprint density at radius 2 is 2.24 bits per heavy atom. The highest BCUT2D eigenvalue weighted by Gasteiger charge is 2.14. The van der Waals surface area contributed by atoms with Gasteiger partial charge in [0.25, 0.3) is 0 Å². The van der Waals surface area contributed by atoms with Crippen LogP contribution >= 0.6 is 11.6 Å². The molecule has 0 saturated heterocycles. The standard InChI is InChI=1S/C12H19ClN2O2/c1-4-17-7-5-6-10(16)8-11-12(13)9(2)14-15(11)3/h4-8H2,1-3H3. The zero-order valence-electron chi connectivity index (χ0n) is 10.6. The number of ketones is 1. The number of hydrogen-bond donors (Lipinski definition) is 0. The fourth-order valence-electron chi connectivity index (χ4n) is 1.66. The number of rotatable bonds is 7. The second-order valence-corrected chi connectivity index (χ2v) is 4.36. The molecule has 0 spiro atoms. The highest BCUT2D eigenvalue weighted by Crippen LogP contribution is 2.20. The van der Waals surface area contributed by atoms with Gasteiger partial charge in [-0.2, -0.15) is 5.10 Å². The number of Topliss-reactive ketones (excluding diaryl/α,β-unsaturated/α-hetero) is 1. The maximum Gasteiger partial charge on any atom is 0.138 e. The average molecular weight is 259 g/mol. The van der Waals surface area contributed by atoms with Crippen molar-refractivity contribution < 1.29 is 9.53 Å². The van der Waals surface area contributed by atoms with Crippen molar-refractivity contribution in [3.05, 3.63) is 16.4 Å². The van der Waals surface area contributed by atoms with E-state index < -0.39 is 0 Å². The lowest BCUT2D eigenvalue weighted by Gasteiger charge is -2.03. The zero-order valence-corrected chi connectivity index (χ0v) is 11.4. The molecule has 0 atom stereocenters. The van der Waals surface area contributed by atoms with Crippen molar-refractivity contribution >= 4 is 17.4 Å². The topological polar surface area (TPSA) is 44.1 Å². The molecule has 0 fully saturated rings. The number of carbonyl (C=O) groups is 1. The van der Waals surface area contributed by atoms with Gasteiger partial charge in [-0.3, -0.25) is 9.48 Å². The highest BCUT2D eigenvalue weighted by molar-refractivity contribution is 6.32. The van der Waals surface area contributed by atoms with Gasteiger partial charge in [0.1, 0.15) is 5.78 Å². The molecule has 0 radical (unpaired) electrons. The number of carbonyl (C=O) groups excluding carboxylic acids is 1. The first kappa shape index (κ1) is 14.2. The SMILES string of the molecule is CCOCCCC(=O)Cc1c(Cl)c(C)nn1C. The van der Waals surface area contributed by atoms with Gasteiger partial charge in [-0.1, -0.05) is 11.6 Å². The summed E-state index contributed by atoms with van der Waals surface area (Å²) >= 11 is 6.08. The fourth-order valence-corrected chi connectivity index (χ4v) is 1.89. The van der Waals surface area contributed by atoms with Gasteiger partial charge in [-0.15, -0.1) is 0 Å². The van der Waals surface area contributed by atoms with Gasteiger partial charge < -0.3 is 4.74 Å². The Balaban J connectivity index is 2.45. The maximum atomic E-state index is 11.7. The van der Waals surface area contributed by atoms with Gasteiger partial charge >= 0.3 is 0 Å². The monoisotopic (exact) mass is 258 g/mol. The molecule has 1 aromatic rings. The van der Waals surface area contributed by atoms with Gasteiger partial charge in [-0.05, 0) is 20.3 Å². The third-order valence-electron chi connectivity index (χ3n) is 2.57. The molecule has 17 heavy (non-hydrogen) atoms. The van der Waals surface area contributed by atoms with Crippen LogP contribution in [0.2, 0.25) is 5.02 Å². The van der Waals surface area contributed by atoms with Crippen molar-refractivity contribution in [1.29, 1.82) is 0 Å². The molecule has 1 aromatic heterocycles. The van der Waals surface area contributed by atoms with Crippen LogP contribution in [-0.4, -0.2) is 28.8 Å². The maximum absolute atomic E-state index is 11.7. The molecule has 0 aromatic carbocycles. The largest absolute Gasteiger partial charge is 0.382 e. The van der Waals surface area contributed by atoms with E-state index in [2.05, 4.69) is 5.10 Å². The number of aromatic nitrogens is 2. The predicted octanol–water partition coefficient (Wildman–Crippen LogP) is 2.31. The summed E-state index contributed by atoms with van der Waals surface area (Å²) in [4.78, 5) is 11.7. The van der Waals surface area contributed by atoms with Crippen LogP contribution in [0.15, 0.2) is 0 Å². The first-order valence-corrected chi connectivity index (χ1v) is 6.21. The van der Waals surface area contributed by atoms with Crippen LogP contribution in [0.25, 0.3) is 0 Å². The van der Waals surface area contributed by atoms with Crippen LogP contribution in [0.5, 0.6) is 0 Å². The predicted molar refractivity (Wildman–Crippen MR) is 67.4 cm³/mol. The van der Waals surface area contributed by atoms with Crippen molar-refractivity contribution in [2.75, 3.05) is 13.2 Å². The number of hydrogen-bond acceptors (Lipinski definition) is 3. The van der Waals surface area contributed by atoms with Gasteiger partial charge in [-0.25, -0.2) is 0 Å². The molecule has 1 rings (SSSR count). The lowest BCUT2D eigenvalue weighted by molar-refractivity contribution is -0.118. The van der Waals surface area contributed by atoms with Crippen LogP contribution in [0.1, 0.15) is 31.2 Å². The minimum absolute atomic E-state index is 0.176. The molecular formula is C12H19ClN2O2. The average Bonchev–Trinajstić information content (AvgIpc) is 2.52. The normalized spacial score (nSPS) is 10.8. The Kier molecular flexibility index (Phi) is 5.65. The van der Waals surface area contributed by atoms with E-state index in [1.54, 1.807) is 4.68 Å². The Morgan fingerprint density at radius 1 is 1.53 bits per heavy atom. The second-order valence-electron chi connectivity index (χ2n) is 3.99. The summed E-state index contributed by atoms with van der Waals surface area (Å²) in [6, 6.07) is 0. The van der Waals surface area contributed by atoms with Crippen molar-refractivity contribution in [3.8, 4) is 0 Å². The molecule has 0 N–H and O–H groups in total. The Bertz CT molecular complexity index is 388. The van der Waals surface area contributed by atoms with Crippen LogP contribution in [0.3, 0.4) is 0 Å². The molecule has 0 bridgehead atoms. The van der Waals surface area contributed by atoms with Gasteiger partial charge in [0, 0.05) is 33.1 Å². The number of halogens is 1. The van der Waals surface area contributed by atoms with Crippen molar-refractivity contribution in [2.45, 2.75) is 33.1 Å². The highest BCUT2D eigenvalue weighted by atomic mass is 35.5. The molecule has 0 aliphatic carbocycles. The van der Waals surface area contributed by atoms with E-state index in [-0.39, 0.29) is 5.78 Å². The number of ether oxygens (including phenoxy) is 1. The molecule has 96 valence electrons. The van der Waals surface area contributed by atoms with Crippen LogP contribution < -0.4 is 0 Å². The Hall–Kier alpha value is -0.870. The molecule has 5 heteroatoms. The first-order valence-electron chi connectivity index (χ1n) is 5.83. The summed E-state index contributed by atoms with van der Waals surface area (Å²) in [5.41, 5.74) is 1.57. The summed E-state index contributed by atoms with van der Waals surface area (Å²) in [6.45, 7) is 5.12. The van der Waals surface area contributed by atoms with E-state index in [0.717, 1.165) is 17.8 Å². The lowest BCUT2D eigenvalue weighted by Crippen LogP contribution is -2.09. The fraction of sp³-hybridized carbons (Fsp3) is 0.667. The van der Waals surface area contributed by atoms with Crippen molar-refractivity contribution in [1.82, 2.24) is 9.78 Å². The van der Waals surface area contributed by atoms with Crippen LogP contribution in [0, 0.1) is 6.92 Å². The first-order chi connectivity index (χ1) is 8.06. The summed E-state index contributed by atoms with van der Waals surface area (Å²) in [5, 5.41) is 4.78. The molecule has 0 aliphatic heterocycles. The third kappa shape index (κ3) is 4.13. The lowest BCUT2D eigenvalue weighted by atomic mass is 10.1. The second kappa shape index (κ2) is 6.77. The Labute approximate surface area is 107 Å². The van der Waals surface area contributed by atoms with E-state index in [1.807, 2.05) is 20.9 Å². The minimum Gasteiger partial charge on any atom is -0.382 e. The van der Waals surface area contributed by atoms with E-state index >= 15 is 0 Å². The number of nitrogens with zero attached hydrogens (tertiary/aromatic N) is 2. The van der Waals surface area contributed by atoms with Gasteiger partial charge in [0.05, 0.1) is 16.4 Å². The Morgan fingerprint density at radius 3 is 2.76 bits per heavy atom. The molecule has 0 unspecified atom stereocenters. The summed E-state index contributed by atoms with van der Waals surface area (Å²) in [6.07, 6.45) is 1.64. The molecule has 0 aliphatic rings. The zero-order chi connectivity index (χ0) is 12.8. The van der Waals surface area contributed by atoms with Gasteiger partial charge in [0.15, 0.2) is 0 Å². The summed E-state index contributed by atoms with van der Waals surface area (Å²) in [7, 11) is 1.81. The molecule has 0 amide bonds. The van der Waals surface area contributed by atoms with E-state index in [1.165, 1.54) is 0 Å². The van der Waals surface area contributed by atoms with E-state index in [4.69, 9.17) is 16.3 Å². The quantitative estimate of drug-likeness (QED) is 0.705. The van der Waals surface area contributed by atoms with E-state index in [0.29, 0.717) is 31.1 Å². The molecular weight excluding hydrogens is 240 g/mol. The summed E-state index contributed by atoms with van der Waals surface area (Å²) in [5.74, 6) is 0.176. The minimum atomic E-state index is 0.176. The molecule has 0 saturated carbocycles. The van der Waals surface area contributed by atoms with Crippen molar-refractivity contribution in [3.63, 3.8) is 0 Å². The van der Waals surface area contributed by atoms with Crippen molar-refractivity contribution in [2.24, 2.45) is 7.05 Å². The van der Waals surface area contributed by atoms with Gasteiger partial charge in [0.2, 0.25) is 0 Å². The van der Waals surface area contributed by atoms with E-state index in [9.17, 15) is 4.79 Å². The van der Waals surface area contributed by atoms with Crippen LogP contribution in [-0.2, 0) is 23.0 Å². The molecule has 4 nitrogen and oxygen atoms in total. The van der Waals surface area contributed by atoms with Crippen LogP contribution in [0.4, 0.5) is 0 Å². The number of aryl methyl sites for hydroxylation is 2. The summed E-state index contributed by atoms with van der Waals surface area (Å²) < 4.78 is 6.87. The smallest absolute Gasteiger partial charge is 0.138 e. The third-order valence-corrected chi connectivity index (χ3v) is 3.07.